The van der Waals surface area contributed by atoms with Crippen molar-refractivity contribution in [1.29, 1.82) is 0 Å². The van der Waals surface area contributed by atoms with Gasteiger partial charge in [-0.2, -0.15) is 0 Å². The molecule has 2 aromatic heterocycles. The number of hydrogen-bond donors (Lipinski definition) is 1. The number of nitrogens with zero attached hydrogens (tertiary/aromatic N) is 6. The first-order valence-corrected chi connectivity index (χ1v) is 12.6. The molecule has 36 heavy (non-hydrogen) atoms. The third-order valence-electron chi connectivity index (χ3n) is 4.98. The molecule has 0 saturated carbocycles. The number of aliphatic imine (C=N–C) groups is 1. The minimum Gasteiger partial charge on any atom is -0.466 e. The van der Waals surface area contributed by atoms with E-state index in [2.05, 4.69) is 41.8 Å². The van der Waals surface area contributed by atoms with Gasteiger partial charge < -0.3 is 14.8 Å². The van der Waals surface area contributed by atoms with Crippen LogP contribution in [0.25, 0.3) is 0 Å². The number of thiazole rings is 1. The van der Waals surface area contributed by atoms with Crippen LogP contribution in [0.2, 0.25) is 0 Å². The van der Waals surface area contributed by atoms with E-state index in [4.69, 9.17) is 14.5 Å². The van der Waals surface area contributed by atoms with Crippen molar-refractivity contribution in [3.05, 3.63) is 67.7 Å². The molecule has 3 aromatic rings. The summed E-state index contributed by atoms with van der Waals surface area (Å²) >= 11 is 4.67. The maximum Gasteiger partial charge on any atom is 0.338 e. The van der Waals surface area contributed by atoms with E-state index in [1.54, 1.807) is 25.3 Å². The highest BCUT2D eigenvalue weighted by Gasteiger charge is 2.34. The topological polar surface area (TPSA) is 133 Å². The Morgan fingerprint density at radius 3 is 2.75 bits per heavy atom. The number of esters is 2. The normalized spacial score (nSPS) is 15.3. The monoisotopic (exact) mass is 577 g/mol. The first-order valence-electron chi connectivity index (χ1n) is 10.9. The van der Waals surface area contributed by atoms with Gasteiger partial charge in [-0.05, 0) is 42.0 Å². The van der Waals surface area contributed by atoms with Gasteiger partial charge in [-0.25, -0.2) is 18.9 Å². The van der Waals surface area contributed by atoms with Crippen molar-refractivity contribution in [2.45, 2.75) is 32.9 Å². The van der Waals surface area contributed by atoms with Gasteiger partial charge in [0.1, 0.15) is 18.2 Å². The van der Waals surface area contributed by atoms with E-state index < -0.39 is 17.8 Å². The van der Waals surface area contributed by atoms with Crippen LogP contribution in [-0.4, -0.2) is 56.2 Å². The van der Waals surface area contributed by atoms with Crippen LogP contribution in [0.4, 0.5) is 4.39 Å². The lowest BCUT2D eigenvalue weighted by atomic mass is 9.95. The number of tetrazole rings is 1. The number of allylic oxidation sites excluding steroid dienone is 1. The number of ether oxygens (including phenoxy) is 2. The first kappa shape index (κ1) is 25.6. The summed E-state index contributed by atoms with van der Waals surface area (Å²) in [6.07, 6.45) is 1.43. The summed E-state index contributed by atoms with van der Waals surface area (Å²) < 4.78 is 26.1. The summed E-state index contributed by atoms with van der Waals surface area (Å²) in [4.78, 5) is 34.3. The minimum absolute atomic E-state index is 0.0198. The largest absolute Gasteiger partial charge is 0.466 e. The van der Waals surface area contributed by atoms with Crippen molar-refractivity contribution >= 4 is 45.0 Å². The molecular formula is C22H21BrFN7O4S. The second kappa shape index (κ2) is 11.5. The molecule has 1 aromatic carbocycles. The molecule has 0 aliphatic carbocycles. The summed E-state index contributed by atoms with van der Waals surface area (Å²) in [5, 5.41) is 16.6. The van der Waals surface area contributed by atoms with E-state index in [1.165, 1.54) is 34.5 Å². The van der Waals surface area contributed by atoms with Gasteiger partial charge in [0.15, 0.2) is 10.8 Å². The zero-order chi connectivity index (χ0) is 25.7. The molecule has 4 rings (SSSR count). The van der Waals surface area contributed by atoms with Gasteiger partial charge in [0.25, 0.3) is 0 Å². The van der Waals surface area contributed by atoms with Crippen molar-refractivity contribution in [2.24, 2.45) is 4.99 Å². The minimum atomic E-state index is -0.848. The van der Waals surface area contributed by atoms with Gasteiger partial charge in [0.2, 0.25) is 0 Å². The van der Waals surface area contributed by atoms with Crippen molar-refractivity contribution in [3.8, 4) is 0 Å². The maximum absolute atomic E-state index is 13.9. The Morgan fingerprint density at radius 1 is 1.25 bits per heavy atom. The number of carbonyl (C=O) groups is 2. The summed E-state index contributed by atoms with van der Waals surface area (Å²) in [5.41, 5.74) is 1.75. The number of amidine groups is 1. The molecule has 188 valence electrons. The number of hydrogen-bond acceptors (Lipinski definition) is 11. The van der Waals surface area contributed by atoms with Gasteiger partial charge in [0, 0.05) is 9.85 Å². The van der Waals surface area contributed by atoms with Crippen molar-refractivity contribution in [3.63, 3.8) is 0 Å². The number of rotatable bonds is 9. The molecule has 0 radical (unpaired) electrons. The Hall–Kier alpha value is -3.52. The molecule has 1 aliphatic heterocycles. The van der Waals surface area contributed by atoms with Crippen molar-refractivity contribution in [1.82, 2.24) is 30.5 Å². The van der Waals surface area contributed by atoms with E-state index in [9.17, 15) is 14.0 Å². The molecule has 1 aliphatic rings. The van der Waals surface area contributed by atoms with Crippen LogP contribution in [0.1, 0.15) is 36.2 Å². The lowest BCUT2D eigenvalue weighted by Gasteiger charge is -2.27. The Morgan fingerprint density at radius 2 is 2.06 bits per heavy atom. The van der Waals surface area contributed by atoms with E-state index in [0.29, 0.717) is 32.3 Å². The van der Waals surface area contributed by atoms with Crippen molar-refractivity contribution < 1.29 is 23.5 Å². The number of benzene rings is 1. The lowest BCUT2D eigenvalue weighted by molar-refractivity contribution is -0.142. The van der Waals surface area contributed by atoms with Crippen LogP contribution in [0.3, 0.4) is 0 Å². The molecule has 0 amide bonds. The number of halogens is 2. The summed E-state index contributed by atoms with van der Waals surface area (Å²) in [6, 6.07) is 3.30. The van der Waals surface area contributed by atoms with Crippen LogP contribution >= 0.6 is 27.3 Å². The van der Waals surface area contributed by atoms with E-state index in [1.807, 2.05) is 0 Å². The standard InChI is InChI=1S/C22H21BrFN7O4S/c1-3-34-17(32)8-13-10-36-21(26-13)20-27-16(9-31-11-25-29-30-31)18(22(33)35-4-2)19(28-20)14-6-5-12(24)7-15(14)23/h5-7,10-11,19H,3-4,8-9H2,1-2H3,(H,27,28). The highest BCUT2D eigenvalue weighted by Crippen LogP contribution is 2.37. The summed E-state index contributed by atoms with van der Waals surface area (Å²) in [6.45, 7) is 3.97. The van der Waals surface area contributed by atoms with Crippen LogP contribution in [0.5, 0.6) is 0 Å². The fraction of sp³-hybridized carbons (Fsp3) is 0.318. The molecule has 3 heterocycles. The van der Waals surface area contributed by atoms with Crippen LogP contribution in [-0.2, 0) is 32.0 Å². The molecule has 0 fully saturated rings. The van der Waals surface area contributed by atoms with E-state index >= 15 is 0 Å². The van der Waals surface area contributed by atoms with E-state index in [-0.39, 0.29) is 37.7 Å². The smallest absolute Gasteiger partial charge is 0.338 e. The van der Waals surface area contributed by atoms with Gasteiger partial charge in [-0.3, -0.25) is 9.79 Å². The molecule has 0 bridgehead atoms. The molecule has 1 unspecified atom stereocenters. The Bertz CT molecular complexity index is 1330. The zero-order valence-electron chi connectivity index (χ0n) is 19.3. The SMILES string of the molecule is CCOC(=O)Cc1csc(C2=NC(c3ccc(F)cc3Br)C(C(=O)OCC)=C(Cn3cnnn3)N2)n1. The van der Waals surface area contributed by atoms with Crippen LogP contribution in [0.15, 0.2) is 50.6 Å². The molecule has 14 heteroatoms. The molecule has 1 N–H and O–H groups in total. The third-order valence-corrected chi connectivity index (χ3v) is 6.56. The predicted octanol–water partition coefficient (Wildman–Crippen LogP) is 2.75. The molecule has 11 nitrogen and oxygen atoms in total. The van der Waals surface area contributed by atoms with Crippen LogP contribution < -0.4 is 5.32 Å². The fourth-order valence-electron chi connectivity index (χ4n) is 3.50. The number of nitrogens with one attached hydrogen (secondary N) is 1. The Labute approximate surface area is 217 Å². The molecular weight excluding hydrogens is 557 g/mol. The van der Waals surface area contributed by atoms with Gasteiger partial charge in [-0.1, -0.05) is 22.0 Å². The highest BCUT2D eigenvalue weighted by atomic mass is 79.9. The number of carbonyl (C=O) groups excluding carboxylic acids is 2. The average Bonchev–Trinajstić information content (AvgIpc) is 3.51. The van der Waals surface area contributed by atoms with Gasteiger partial charge in [0.05, 0.1) is 43.1 Å². The maximum atomic E-state index is 13.9. The zero-order valence-corrected chi connectivity index (χ0v) is 21.7. The Kier molecular flexibility index (Phi) is 8.15. The average molecular weight is 578 g/mol. The lowest BCUT2D eigenvalue weighted by Crippen LogP contribution is -2.36. The number of aromatic nitrogens is 5. The van der Waals surface area contributed by atoms with Crippen molar-refractivity contribution in [2.75, 3.05) is 13.2 Å². The summed E-state index contributed by atoms with van der Waals surface area (Å²) in [5.74, 6) is -1.04. The fourth-order valence-corrected chi connectivity index (χ4v) is 4.83. The first-order chi connectivity index (χ1) is 17.4. The second-order valence-corrected chi connectivity index (χ2v) is 9.13. The second-order valence-electron chi connectivity index (χ2n) is 7.42. The van der Waals surface area contributed by atoms with Crippen LogP contribution in [0, 0.1) is 5.82 Å². The third kappa shape index (κ3) is 5.82. The Balaban J connectivity index is 1.79. The predicted molar refractivity (Wildman–Crippen MR) is 130 cm³/mol. The molecule has 0 saturated heterocycles. The summed E-state index contributed by atoms with van der Waals surface area (Å²) in [7, 11) is 0. The van der Waals surface area contributed by atoms with E-state index in [0.717, 1.165) is 0 Å². The molecule has 1 atom stereocenters. The molecule has 0 spiro atoms. The van der Waals surface area contributed by atoms with Gasteiger partial charge in [-0.15, -0.1) is 16.4 Å². The van der Waals surface area contributed by atoms with Gasteiger partial charge >= 0.3 is 11.9 Å². The highest BCUT2D eigenvalue weighted by molar-refractivity contribution is 9.10. The quantitative estimate of drug-likeness (QED) is 0.381.